The zero-order valence-electron chi connectivity index (χ0n) is 9.77. The number of carboxylic acids is 1. The number of carboxylic acid groups (broad SMARTS) is 1. The minimum atomic E-state index is -1.05. The average Bonchev–Trinajstić information content (AvgIpc) is 2.61. The first-order valence-corrected chi connectivity index (χ1v) is 5.07. The predicted molar refractivity (Wildman–Crippen MR) is 58.8 cm³/mol. The molecule has 1 amide bonds. The van der Waals surface area contributed by atoms with Crippen LogP contribution in [0.2, 0.25) is 0 Å². The minimum absolute atomic E-state index is 0.00281. The van der Waals surface area contributed by atoms with Crippen molar-refractivity contribution in [1.29, 1.82) is 0 Å². The van der Waals surface area contributed by atoms with E-state index in [1.54, 1.807) is 14.0 Å². The van der Waals surface area contributed by atoms with E-state index in [1.165, 1.54) is 10.9 Å². The van der Waals surface area contributed by atoms with Crippen molar-refractivity contribution < 1.29 is 19.4 Å². The Hall–Kier alpha value is -1.89. The molecule has 94 valence electrons. The summed E-state index contributed by atoms with van der Waals surface area (Å²) in [5.41, 5.74) is 0.564. The number of nitrogens with one attached hydrogen (secondary N) is 1. The van der Waals surface area contributed by atoms with Crippen LogP contribution in [-0.2, 0) is 16.1 Å². The van der Waals surface area contributed by atoms with Crippen molar-refractivity contribution in [3.8, 4) is 0 Å². The Kier molecular flexibility index (Phi) is 4.65. The van der Waals surface area contributed by atoms with Crippen molar-refractivity contribution in [2.45, 2.75) is 13.5 Å². The molecule has 0 atom stereocenters. The highest BCUT2D eigenvalue weighted by atomic mass is 16.5. The van der Waals surface area contributed by atoms with Gasteiger partial charge in [-0.3, -0.25) is 9.48 Å². The summed E-state index contributed by atoms with van der Waals surface area (Å²) >= 11 is 0. The molecule has 7 nitrogen and oxygen atoms in total. The molecule has 0 saturated carbocycles. The molecular formula is C10H15N3O4. The van der Waals surface area contributed by atoms with E-state index < -0.39 is 5.97 Å². The number of aromatic carboxylic acids is 1. The van der Waals surface area contributed by atoms with Gasteiger partial charge in [-0.25, -0.2) is 4.79 Å². The second-order valence-electron chi connectivity index (χ2n) is 3.45. The molecule has 17 heavy (non-hydrogen) atoms. The fourth-order valence-corrected chi connectivity index (χ4v) is 1.30. The lowest BCUT2D eigenvalue weighted by Gasteiger charge is -2.06. The van der Waals surface area contributed by atoms with Gasteiger partial charge in [-0.15, -0.1) is 0 Å². The van der Waals surface area contributed by atoms with Crippen LogP contribution in [0, 0.1) is 6.92 Å². The summed E-state index contributed by atoms with van der Waals surface area (Å²) < 4.78 is 6.14. The molecular weight excluding hydrogens is 226 g/mol. The van der Waals surface area contributed by atoms with Crippen LogP contribution in [0.15, 0.2) is 6.20 Å². The van der Waals surface area contributed by atoms with E-state index in [-0.39, 0.29) is 18.0 Å². The molecule has 1 heterocycles. The Bertz CT molecular complexity index is 414. The smallest absolute Gasteiger partial charge is 0.339 e. The third kappa shape index (κ3) is 3.56. The number of ether oxygens (including phenoxy) is 1. The van der Waals surface area contributed by atoms with Crippen LogP contribution in [0.3, 0.4) is 0 Å². The lowest BCUT2D eigenvalue weighted by atomic mass is 10.3. The highest BCUT2D eigenvalue weighted by molar-refractivity contribution is 5.88. The number of hydrogen-bond acceptors (Lipinski definition) is 4. The van der Waals surface area contributed by atoms with E-state index in [0.29, 0.717) is 18.8 Å². The van der Waals surface area contributed by atoms with Crippen LogP contribution in [0.5, 0.6) is 0 Å². The molecule has 0 aromatic carbocycles. The number of carbonyl (C=O) groups is 2. The minimum Gasteiger partial charge on any atom is -0.478 e. The molecule has 0 unspecified atom stereocenters. The van der Waals surface area contributed by atoms with Crippen LogP contribution in [0.4, 0.5) is 0 Å². The maximum Gasteiger partial charge on any atom is 0.339 e. The van der Waals surface area contributed by atoms with Crippen LogP contribution < -0.4 is 5.32 Å². The molecule has 0 spiro atoms. The third-order valence-corrected chi connectivity index (χ3v) is 2.26. The van der Waals surface area contributed by atoms with Gasteiger partial charge in [0.1, 0.15) is 12.1 Å². The van der Waals surface area contributed by atoms with Crippen LogP contribution >= 0.6 is 0 Å². The van der Waals surface area contributed by atoms with Gasteiger partial charge in [0.2, 0.25) is 5.91 Å². The normalized spacial score (nSPS) is 10.2. The fourth-order valence-electron chi connectivity index (χ4n) is 1.30. The molecule has 1 rings (SSSR count). The summed E-state index contributed by atoms with van der Waals surface area (Å²) in [6, 6.07) is 0. The standard InChI is InChI=1S/C10H15N3O4/c1-7-8(10(15)16)5-12-13(7)6-9(14)11-3-4-17-2/h5H,3-4,6H2,1-2H3,(H,11,14)(H,15,16). The van der Waals surface area contributed by atoms with Crippen molar-refractivity contribution in [3.63, 3.8) is 0 Å². The highest BCUT2D eigenvalue weighted by Crippen LogP contribution is 2.06. The average molecular weight is 241 g/mol. The monoisotopic (exact) mass is 241 g/mol. The van der Waals surface area contributed by atoms with Crippen LogP contribution in [0.1, 0.15) is 16.1 Å². The molecule has 0 bridgehead atoms. The van der Waals surface area contributed by atoms with Gasteiger partial charge in [0.05, 0.1) is 18.5 Å². The number of amides is 1. The van der Waals surface area contributed by atoms with Gasteiger partial charge in [0.15, 0.2) is 0 Å². The lowest BCUT2D eigenvalue weighted by Crippen LogP contribution is -2.31. The van der Waals surface area contributed by atoms with Gasteiger partial charge in [0, 0.05) is 13.7 Å². The Balaban J connectivity index is 2.57. The first kappa shape index (κ1) is 13.2. The molecule has 0 radical (unpaired) electrons. The van der Waals surface area contributed by atoms with Crippen molar-refractivity contribution in [2.75, 3.05) is 20.3 Å². The number of aromatic nitrogens is 2. The van der Waals surface area contributed by atoms with Gasteiger partial charge >= 0.3 is 5.97 Å². The summed E-state index contributed by atoms with van der Waals surface area (Å²) in [6.07, 6.45) is 1.24. The number of methoxy groups -OCH3 is 1. The summed E-state index contributed by atoms with van der Waals surface area (Å²) in [4.78, 5) is 22.2. The number of rotatable bonds is 6. The summed E-state index contributed by atoms with van der Waals surface area (Å²) in [5.74, 6) is -1.28. The first-order chi connectivity index (χ1) is 8.06. The molecule has 1 aromatic rings. The molecule has 1 aromatic heterocycles. The van der Waals surface area contributed by atoms with Gasteiger partial charge in [-0.05, 0) is 6.92 Å². The van der Waals surface area contributed by atoms with Crippen LogP contribution in [0.25, 0.3) is 0 Å². The van der Waals surface area contributed by atoms with Gasteiger partial charge in [-0.1, -0.05) is 0 Å². The molecule has 0 saturated heterocycles. The van der Waals surface area contributed by atoms with Crippen molar-refractivity contribution >= 4 is 11.9 Å². The van der Waals surface area contributed by atoms with E-state index in [1.807, 2.05) is 0 Å². The van der Waals surface area contributed by atoms with Crippen molar-refractivity contribution in [1.82, 2.24) is 15.1 Å². The van der Waals surface area contributed by atoms with E-state index in [4.69, 9.17) is 9.84 Å². The lowest BCUT2D eigenvalue weighted by molar-refractivity contribution is -0.122. The Morgan fingerprint density at radius 3 is 2.82 bits per heavy atom. The number of nitrogens with zero attached hydrogens (tertiary/aromatic N) is 2. The summed E-state index contributed by atoms with van der Waals surface area (Å²) in [7, 11) is 1.54. The van der Waals surface area contributed by atoms with E-state index >= 15 is 0 Å². The van der Waals surface area contributed by atoms with E-state index in [2.05, 4.69) is 10.4 Å². The molecule has 2 N–H and O–H groups in total. The Morgan fingerprint density at radius 2 is 2.29 bits per heavy atom. The largest absolute Gasteiger partial charge is 0.478 e. The number of hydrogen-bond donors (Lipinski definition) is 2. The maximum absolute atomic E-state index is 11.4. The maximum atomic E-state index is 11.4. The van der Waals surface area contributed by atoms with E-state index in [9.17, 15) is 9.59 Å². The Labute approximate surface area is 98.4 Å². The summed E-state index contributed by atoms with van der Waals surface area (Å²) in [6.45, 7) is 2.47. The van der Waals surface area contributed by atoms with Gasteiger partial charge in [-0.2, -0.15) is 5.10 Å². The molecule has 0 aliphatic heterocycles. The van der Waals surface area contributed by atoms with Gasteiger partial charge < -0.3 is 15.2 Å². The highest BCUT2D eigenvalue weighted by Gasteiger charge is 2.14. The van der Waals surface area contributed by atoms with Crippen molar-refractivity contribution in [2.24, 2.45) is 0 Å². The first-order valence-electron chi connectivity index (χ1n) is 5.07. The zero-order chi connectivity index (χ0) is 12.8. The van der Waals surface area contributed by atoms with Crippen LogP contribution in [-0.4, -0.2) is 47.0 Å². The molecule has 0 aliphatic rings. The quantitative estimate of drug-likeness (QED) is 0.664. The molecule has 0 aliphatic carbocycles. The SMILES string of the molecule is COCCNC(=O)Cn1ncc(C(=O)O)c1C. The second-order valence-corrected chi connectivity index (χ2v) is 3.45. The second kappa shape index (κ2) is 6.00. The third-order valence-electron chi connectivity index (χ3n) is 2.26. The predicted octanol–water partition coefficient (Wildman–Crippen LogP) is -0.348. The fraction of sp³-hybridized carbons (Fsp3) is 0.500. The van der Waals surface area contributed by atoms with Crippen molar-refractivity contribution in [3.05, 3.63) is 17.5 Å². The number of carbonyl (C=O) groups excluding carboxylic acids is 1. The topological polar surface area (TPSA) is 93.5 Å². The zero-order valence-corrected chi connectivity index (χ0v) is 9.77. The molecule has 0 fully saturated rings. The van der Waals surface area contributed by atoms with E-state index in [0.717, 1.165) is 0 Å². The summed E-state index contributed by atoms with van der Waals surface area (Å²) in [5, 5.41) is 15.3. The Morgan fingerprint density at radius 1 is 1.59 bits per heavy atom. The molecule has 7 heteroatoms. The van der Waals surface area contributed by atoms with Gasteiger partial charge in [0.25, 0.3) is 0 Å².